The molecule has 1 aromatic heterocycles. The van der Waals surface area contributed by atoms with Crippen LogP contribution in [-0.4, -0.2) is 26.5 Å². The van der Waals surface area contributed by atoms with Crippen molar-refractivity contribution in [3.8, 4) is 0 Å². The predicted octanol–water partition coefficient (Wildman–Crippen LogP) is 1.73. The quantitative estimate of drug-likeness (QED) is 0.887. The largest absolute Gasteiger partial charge is 0.478 e. The van der Waals surface area contributed by atoms with Gasteiger partial charge in [0.05, 0.1) is 11.1 Å². The van der Waals surface area contributed by atoms with Crippen molar-refractivity contribution in [1.82, 2.24) is 9.55 Å². The first-order valence-corrected chi connectivity index (χ1v) is 6.34. The Morgan fingerprint density at radius 2 is 2.00 bits per heavy atom. The number of primary amides is 1. The highest BCUT2D eigenvalue weighted by Crippen LogP contribution is 2.27. The Balaban J connectivity index is 2.78. The van der Waals surface area contributed by atoms with Gasteiger partial charge in [0.1, 0.15) is 17.4 Å². The standard InChI is InChI=1S/C14H17N3O3/c1-7(2)12(13(15)18)17-8(3)16-11-9(14(19)20)5-4-6-10(11)17/h4-7,12H,1-3H3,(H2,15,18)(H,19,20). The first-order chi connectivity index (χ1) is 9.34. The number of benzene rings is 1. The molecule has 1 heterocycles. The Labute approximate surface area is 116 Å². The number of hydrogen-bond donors (Lipinski definition) is 2. The van der Waals surface area contributed by atoms with Crippen molar-refractivity contribution in [2.75, 3.05) is 0 Å². The molecule has 1 amide bonds. The summed E-state index contributed by atoms with van der Waals surface area (Å²) >= 11 is 0. The lowest BCUT2D eigenvalue weighted by Crippen LogP contribution is -2.31. The lowest BCUT2D eigenvalue weighted by atomic mass is 10.0. The summed E-state index contributed by atoms with van der Waals surface area (Å²) < 4.78 is 1.72. The molecule has 0 radical (unpaired) electrons. The van der Waals surface area contributed by atoms with Gasteiger partial charge in [-0.2, -0.15) is 0 Å². The Bertz CT molecular complexity index is 688. The van der Waals surface area contributed by atoms with Gasteiger partial charge in [-0.15, -0.1) is 0 Å². The fourth-order valence-electron chi connectivity index (χ4n) is 2.51. The van der Waals surface area contributed by atoms with Crippen LogP contribution in [0.5, 0.6) is 0 Å². The van der Waals surface area contributed by atoms with Crippen LogP contribution >= 0.6 is 0 Å². The normalized spacial score (nSPS) is 12.8. The molecule has 0 saturated carbocycles. The molecule has 1 aromatic carbocycles. The van der Waals surface area contributed by atoms with Crippen LogP contribution in [-0.2, 0) is 4.79 Å². The number of nitrogens with two attached hydrogens (primary N) is 1. The van der Waals surface area contributed by atoms with Crippen molar-refractivity contribution in [1.29, 1.82) is 0 Å². The van der Waals surface area contributed by atoms with Gasteiger partial charge in [0.15, 0.2) is 0 Å². The molecule has 1 unspecified atom stereocenters. The molecule has 6 heteroatoms. The first-order valence-electron chi connectivity index (χ1n) is 6.34. The summed E-state index contributed by atoms with van der Waals surface area (Å²) in [7, 11) is 0. The van der Waals surface area contributed by atoms with Gasteiger partial charge in [-0.05, 0) is 25.0 Å². The molecular weight excluding hydrogens is 258 g/mol. The zero-order chi connectivity index (χ0) is 15.0. The summed E-state index contributed by atoms with van der Waals surface area (Å²) in [4.78, 5) is 27.2. The topological polar surface area (TPSA) is 98.2 Å². The number of carbonyl (C=O) groups is 2. The van der Waals surface area contributed by atoms with Crippen LogP contribution in [0.1, 0.15) is 36.1 Å². The third-order valence-corrected chi connectivity index (χ3v) is 3.33. The predicted molar refractivity (Wildman–Crippen MR) is 74.5 cm³/mol. The van der Waals surface area contributed by atoms with E-state index in [1.54, 1.807) is 23.6 Å². The van der Waals surface area contributed by atoms with Crippen LogP contribution in [0.25, 0.3) is 11.0 Å². The number of aryl methyl sites for hydroxylation is 1. The average Bonchev–Trinajstić information content (AvgIpc) is 2.65. The first kappa shape index (κ1) is 14.0. The molecule has 0 bridgehead atoms. The third-order valence-electron chi connectivity index (χ3n) is 3.33. The highest BCUT2D eigenvalue weighted by molar-refractivity contribution is 6.01. The number of rotatable bonds is 4. The second kappa shape index (κ2) is 4.96. The minimum absolute atomic E-state index is 0.0166. The number of carbonyl (C=O) groups excluding carboxylic acids is 1. The molecule has 0 spiro atoms. The molecule has 3 N–H and O–H groups in total. The van der Waals surface area contributed by atoms with Crippen LogP contribution in [0.3, 0.4) is 0 Å². The van der Waals surface area contributed by atoms with E-state index in [1.165, 1.54) is 6.07 Å². The lowest BCUT2D eigenvalue weighted by Gasteiger charge is -2.21. The number of para-hydroxylation sites is 1. The number of nitrogens with zero attached hydrogens (tertiary/aromatic N) is 2. The highest BCUT2D eigenvalue weighted by atomic mass is 16.4. The van der Waals surface area contributed by atoms with Gasteiger partial charge in [0.25, 0.3) is 0 Å². The van der Waals surface area contributed by atoms with Gasteiger partial charge in [-0.1, -0.05) is 19.9 Å². The van der Waals surface area contributed by atoms with E-state index < -0.39 is 17.9 Å². The number of aromatic nitrogens is 2. The number of fused-ring (bicyclic) bond motifs is 1. The van der Waals surface area contributed by atoms with Gasteiger partial charge in [0.2, 0.25) is 5.91 Å². The van der Waals surface area contributed by atoms with E-state index in [-0.39, 0.29) is 11.5 Å². The molecule has 0 fully saturated rings. The Morgan fingerprint density at radius 1 is 1.35 bits per heavy atom. The van der Waals surface area contributed by atoms with Crippen LogP contribution < -0.4 is 5.73 Å². The Morgan fingerprint density at radius 3 is 2.50 bits per heavy atom. The zero-order valence-corrected chi connectivity index (χ0v) is 11.6. The summed E-state index contributed by atoms with van der Waals surface area (Å²) in [6.45, 7) is 5.52. The smallest absolute Gasteiger partial charge is 0.337 e. The second-order valence-electron chi connectivity index (χ2n) is 5.10. The maximum absolute atomic E-state index is 11.7. The van der Waals surface area contributed by atoms with E-state index in [4.69, 9.17) is 5.73 Å². The van der Waals surface area contributed by atoms with Crippen LogP contribution in [0, 0.1) is 12.8 Å². The second-order valence-corrected chi connectivity index (χ2v) is 5.10. The monoisotopic (exact) mass is 275 g/mol. The number of carboxylic acid groups (broad SMARTS) is 1. The maximum atomic E-state index is 11.7. The minimum Gasteiger partial charge on any atom is -0.478 e. The number of aromatic carboxylic acids is 1. The Hall–Kier alpha value is -2.37. The van der Waals surface area contributed by atoms with Crippen LogP contribution in [0.2, 0.25) is 0 Å². The van der Waals surface area contributed by atoms with Gasteiger partial charge in [-0.3, -0.25) is 4.79 Å². The van der Waals surface area contributed by atoms with Crippen molar-refractivity contribution < 1.29 is 14.7 Å². The molecule has 0 saturated heterocycles. The van der Waals surface area contributed by atoms with Crippen LogP contribution in [0.4, 0.5) is 0 Å². The molecule has 0 aliphatic carbocycles. The van der Waals surface area contributed by atoms with E-state index >= 15 is 0 Å². The molecule has 0 aliphatic rings. The fourth-order valence-corrected chi connectivity index (χ4v) is 2.51. The van der Waals surface area contributed by atoms with E-state index in [9.17, 15) is 14.7 Å². The molecular formula is C14H17N3O3. The third kappa shape index (κ3) is 2.13. The molecule has 6 nitrogen and oxygen atoms in total. The minimum atomic E-state index is -1.04. The molecule has 20 heavy (non-hydrogen) atoms. The number of amides is 1. The van der Waals surface area contributed by atoms with E-state index in [2.05, 4.69) is 4.98 Å². The molecule has 1 atom stereocenters. The molecule has 2 rings (SSSR count). The SMILES string of the molecule is Cc1nc2c(C(=O)O)cccc2n1C(C(N)=O)C(C)C. The van der Waals surface area contributed by atoms with Crippen molar-refractivity contribution in [3.63, 3.8) is 0 Å². The average molecular weight is 275 g/mol. The van der Waals surface area contributed by atoms with E-state index in [0.717, 1.165) is 0 Å². The van der Waals surface area contributed by atoms with Crippen molar-refractivity contribution in [3.05, 3.63) is 29.6 Å². The van der Waals surface area contributed by atoms with Crippen molar-refractivity contribution >= 4 is 22.9 Å². The Kier molecular flexibility index (Phi) is 3.48. The van der Waals surface area contributed by atoms with Gasteiger partial charge in [-0.25, -0.2) is 9.78 Å². The summed E-state index contributed by atoms with van der Waals surface area (Å²) in [6, 6.07) is 4.34. The van der Waals surface area contributed by atoms with Crippen molar-refractivity contribution in [2.45, 2.75) is 26.8 Å². The van der Waals surface area contributed by atoms with E-state index in [1.807, 2.05) is 13.8 Å². The summed E-state index contributed by atoms with van der Waals surface area (Å²) in [6.07, 6.45) is 0. The van der Waals surface area contributed by atoms with Crippen molar-refractivity contribution in [2.24, 2.45) is 11.7 Å². The van der Waals surface area contributed by atoms with E-state index in [0.29, 0.717) is 16.9 Å². The number of imidazole rings is 1. The number of hydrogen-bond acceptors (Lipinski definition) is 3. The van der Waals surface area contributed by atoms with Gasteiger partial charge in [0, 0.05) is 0 Å². The lowest BCUT2D eigenvalue weighted by molar-refractivity contribution is -0.122. The van der Waals surface area contributed by atoms with Gasteiger partial charge >= 0.3 is 5.97 Å². The summed E-state index contributed by atoms with van der Waals surface area (Å²) in [5.74, 6) is -0.938. The van der Waals surface area contributed by atoms with Gasteiger partial charge < -0.3 is 15.4 Å². The maximum Gasteiger partial charge on any atom is 0.337 e. The highest BCUT2D eigenvalue weighted by Gasteiger charge is 2.26. The summed E-state index contributed by atoms with van der Waals surface area (Å²) in [5, 5.41) is 9.20. The zero-order valence-electron chi connectivity index (χ0n) is 11.6. The fraction of sp³-hybridized carbons (Fsp3) is 0.357. The number of carboxylic acids is 1. The molecule has 106 valence electrons. The van der Waals surface area contributed by atoms with Crippen LogP contribution in [0.15, 0.2) is 18.2 Å². The molecule has 0 aliphatic heterocycles. The molecule has 2 aromatic rings. The summed E-state index contributed by atoms with van der Waals surface area (Å²) in [5.41, 5.74) is 6.59.